The molecule has 6 heteroatoms. The summed E-state index contributed by atoms with van der Waals surface area (Å²) >= 11 is 0. The zero-order valence-electron chi connectivity index (χ0n) is 11.4. The third kappa shape index (κ3) is 1.92. The van der Waals surface area contributed by atoms with Gasteiger partial charge in [-0.05, 0) is 12.0 Å². The van der Waals surface area contributed by atoms with E-state index in [9.17, 15) is 13.6 Å². The average Bonchev–Trinajstić information content (AvgIpc) is 2.98. The minimum atomic E-state index is -2.64. The lowest BCUT2D eigenvalue weighted by atomic mass is 9.88. The Bertz CT molecular complexity index is 727. The molecule has 2 heterocycles. The summed E-state index contributed by atoms with van der Waals surface area (Å²) < 4.78 is 28.9. The number of aromatic nitrogens is 3. The fourth-order valence-corrected chi connectivity index (χ4v) is 3.35. The van der Waals surface area contributed by atoms with Crippen molar-refractivity contribution in [3.05, 3.63) is 52.2 Å². The molecule has 1 saturated carbocycles. The summed E-state index contributed by atoms with van der Waals surface area (Å²) in [5, 5.41) is 4.29. The predicted molar refractivity (Wildman–Crippen MR) is 72.6 cm³/mol. The van der Waals surface area contributed by atoms with Gasteiger partial charge >= 0.3 is 5.69 Å². The Morgan fingerprint density at radius 1 is 1.19 bits per heavy atom. The highest BCUT2D eigenvalue weighted by atomic mass is 19.3. The van der Waals surface area contributed by atoms with E-state index in [4.69, 9.17) is 0 Å². The van der Waals surface area contributed by atoms with Crippen molar-refractivity contribution in [3.63, 3.8) is 0 Å². The Kier molecular flexibility index (Phi) is 2.58. The Morgan fingerprint density at radius 2 is 1.90 bits per heavy atom. The number of hydrogen-bond donors (Lipinski definition) is 0. The summed E-state index contributed by atoms with van der Waals surface area (Å²) in [5.41, 5.74) is 0.814. The zero-order valence-corrected chi connectivity index (χ0v) is 11.4. The number of nitrogens with zero attached hydrogens (tertiary/aromatic N) is 3. The maximum Gasteiger partial charge on any atom is 0.346 e. The summed E-state index contributed by atoms with van der Waals surface area (Å²) in [6.45, 7) is 0. The molecule has 0 bridgehead atoms. The molecule has 1 aliphatic carbocycles. The van der Waals surface area contributed by atoms with Crippen molar-refractivity contribution >= 4 is 0 Å². The number of fused-ring (bicyclic) bond motifs is 1. The number of rotatable bonds is 2. The van der Waals surface area contributed by atoms with Gasteiger partial charge < -0.3 is 0 Å². The molecule has 1 aromatic heterocycles. The lowest BCUT2D eigenvalue weighted by Crippen LogP contribution is -2.42. The van der Waals surface area contributed by atoms with Gasteiger partial charge in [-0.25, -0.2) is 18.3 Å². The highest BCUT2D eigenvalue weighted by Crippen LogP contribution is 2.44. The van der Waals surface area contributed by atoms with Crippen molar-refractivity contribution in [2.45, 2.75) is 43.7 Å². The number of halogens is 2. The molecule has 4 rings (SSSR count). The molecule has 4 nitrogen and oxygen atoms in total. The van der Waals surface area contributed by atoms with Crippen LogP contribution in [0.25, 0.3) is 0 Å². The number of aryl methyl sites for hydroxylation is 1. The SMILES string of the molecule is O=c1n(C2CC(F)(F)C2)nc2n1C(c1ccccc1)CC2. The van der Waals surface area contributed by atoms with Crippen molar-refractivity contribution in [2.75, 3.05) is 0 Å². The van der Waals surface area contributed by atoms with E-state index in [0.717, 1.165) is 12.0 Å². The van der Waals surface area contributed by atoms with Gasteiger partial charge in [-0.3, -0.25) is 4.57 Å². The van der Waals surface area contributed by atoms with E-state index < -0.39 is 12.0 Å². The molecule has 2 aromatic rings. The second-order valence-corrected chi connectivity index (χ2v) is 5.90. The summed E-state index contributed by atoms with van der Waals surface area (Å²) in [6.07, 6.45) is 0.993. The summed E-state index contributed by atoms with van der Waals surface area (Å²) in [6, 6.07) is 9.30. The Morgan fingerprint density at radius 3 is 2.57 bits per heavy atom. The normalized spacial score (nSPS) is 23.8. The van der Waals surface area contributed by atoms with Gasteiger partial charge in [0.1, 0.15) is 5.82 Å². The predicted octanol–water partition coefficient (Wildman–Crippen LogP) is 2.55. The van der Waals surface area contributed by atoms with E-state index in [-0.39, 0.29) is 24.6 Å². The van der Waals surface area contributed by atoms with Crippen molar-refractivity contribution in [1.29, 1.82) is 0 Å². The first-order valence-electron chi connectivity index (χ1n) is 7.18. The van der Waals surface area contributed by atoms with Crippen LogP contribution in [0.1, 0.15) is 42.7 Å². The van der Waals surface area contributed by atoms with Crippen molar-refractivity contribution in [2.24, 2.45) is 0 Å². The zero-order chi connectivity index (χ0) is 14.6. The van der Waals surface area contributed by atoms with E-state index in [1.54, 1.807) is 4.57 Å². The number of hydrogen-bond acceptors (Lipinski definition) is 2. The molecule has 0 amide bonds. The highest BCUT2D eigenvalue weighted by molar-refractivity contribution is 5.22. The smallest absolute Gasteiger partial charge is 0.271 e. The molecule has 2 aliphatic rings. The van der Waals surface area contributed by atoms with Crippen LogP contribution in [0.5, 0.6) is 0 Å². The molecular formula is C15H15F2N3O. The van der Waals surface area contributed by atoms with Crippen LogP contribution in [-0.4, -0.2) is 20.3 Å². The fraction of sp³-hybridized carbons (Fsp3) is 0.467. The first kappa shape index (κ1) is 12.7. The van der Waals surface area contributed by atoms with Gasteiger partial charge in [0.05, 0.1) is 12.1 Å². The van der Waals surface area contributed by atoms with E-state index in [1.807, 2.05) is 30.3 Å². The van der Waals surface area contributed by atoms with E-state index in [2.05, 4.69) is 5.10 Å². The van der Waals surface area contributed by atoms with Crippen molar-refractivity contribution < 1.29 is 8.78 Å². The molecule has 21 heavy (non-hydrogen) atoms. The van der Waals surface area contributed by atoms with Crippen LogP contribution in [0.15, 0.2) is 35.1 Å². The molecule has 1 aliphatic heterocycles. The Labute approximate surface area is 120 Å². The standard InChI is InChI=1S/C15H15F2N3O/c16-15(17)8-11(9-15)20-14(21)19-12(6-7-13(19)18-20)10-4-2-1-3-5-10/h1-5,11-12H,6-9H2. The third-order valence-corrected chi connectivity index (χ3v) is 4.46. The average molecular weight is 291 g/mol. The minimum absolute atomic E-state index is 0.0250. The maximum absolute atomic E-state index is 13.0. The van der Waals surface area contributed by atoms with Gasteiger partial charge in [0.15, 0.2) is 0 Å². The van der Waals surface area contributed by atoms with Gasteiger partial charge in [0.2, 0.25) is 0 Å². The number of alkyl halides is 2. The molecule has 0 N–H and O–H groups in total. The lowest BCUT2D eigenvalue weighted by molar-refractivity contribution is -0.107. The van der Waals surface area contributed by atoms with Gasteiger partial charge in [0, 0.05) is 19.3 Å². The highest BCUT2D eigenvalue weighted by Gasteiger charge is 2.48. The molecule has 1 atom stereocenters. The van der Waals surface area contributed by atoms with Gasteiger partial charge in [-0.2, -0.15) is 5.10 Å². The minimum Gasteiger partial charge on any atom is -0.271 e. The van der Waals surface area contributed by atoms with Crippen molar-refractivity contribution in [3.8, 4) is 0 Å². The van der Waals surface area contributed by atoms with Crippen LogP contribution in [0.3, 0.4) is 0 Å². The molecule has 1 unspecified atom stereocenters. The third-order valence-electron chi connectivity index (χ3n) is 4.46. The summed E-state index contributed by atoms with van der Waals surface area (Å²) in [5.74, 6) is -1.93. The summed E-state index contributed by atoms with van der Waals surface area (Å²) in [7, 11) is 0. The van der Waals surface area contributed by atoms with Crippen molar-refractivity contribution in [1.82, 2.24) is 14.3 Å². The van der Waals surface area contributed by atoms with Crippen LogP contribution in [0.2, 0.25) is 0 Å². The molecular weight excluding hydrogens is 276 g/mol. The first-order valence-corrected chi connectivity index (χ1v) is 7.18. The lowest BCUT2D eigenvalue weighted by Gasteiger charge is -2.34. The molecule has 110 valence electrons. The Balaban J connectivity index is 1.70. The molecule has 0 saturated heterocycles. The Hall–Kier alpha value is -1.98. The van der Waals surface area contributed by atoms with Crippen LogP contribution in [0.4, 0.5) is 8.78 Å². The fourth-order valence-electron chi connectivity index (χ4n) is 3.35. The van der Waals surface area contributed by atoms with Crippen LogP contribution in [0, 0.1) is 0 Å². The molecule has 1 aromatic carbocycles. The number of benzene rings is 1. The van der Waals surface area contributed by atoms with Crippen LogP contribution < -0.4 is 5.69 Å². The monoisotopic (exact) mass is 291 g/mol. The van der Waals surface area contributed by atoms with E-state index >= 15 is 0 Å². The molecule has 0 radical (unpaired) electrons. The second kappa shape index (κ2) is 4.26. The largest absolute Gasteiger partial charge is 0.346 e. The first-order chi connectivity index (χ1) is 10.1. The molecule has 0 spiro atoms. The topological polar surface area (TPSA) is 39.8 Å². The quantitative estimate of drug-likeness (QED) is 0.853. The second-order valence-electron chi connectivity index (χ2n) is 5.90. The van der Waals surface area contributed by atoms with Gasteiger partial charge in [0.25, 0.3) is 5.92 Å². The van der Waals surface area contributed by atoms with Gasteiger partial charge in [-0.1, -0.05) is 30.3 Å². The van der Waals surface area contributed by atoms with Crippen LogP contribution >= 0.6 is 0 Å². The maximum atomic E-state index is 13.0. The molecule has 1 fully saturated rings. The van der Waals surface area contributed by atoms with E-state index in [0.29, 0.717) is 12.2 Å². The van der Waals surface area contributed by atoms with Gasteiger partial charge in [-0.15, -0.1) is 0 Å². The summed E-state index contributed by atoms with van der Waals surface area (Å²) in [4.78, 5) is 12.5. The van der Waals surface area contributed by atoms with Crippen LogP contribution in [-0.2, 0) is 6.42 Å². The van der Waals surface area contributed by atoms with E-state index in [1.165, 1.54) is 4.68 Å².